The summed E-state index contributed by atoms with van der Waals surface area (Å²) in [5, 5.41) is 10.1. The first-order valence-electron chi connectivity index (χ1n) is 11.4. The Morgan fingerprint density at radius 3 is 2.28 bits per heavy atom. The van der Waals surface area contributed by atoms with Gasteiger partial charge in [-0.05, 0) is 80.8 Å². The summed E-state index contributed by atoms with van der Waals surface area (Å²) in [6.45, 7) is 0.0298. The molecular formula is C23H28FN3O4S. The molecule has 1 unspecified atom stereocenters. The molecule has 0 aromatic heterocycles. The summed E-state index contributed by atoms with van der Waals surface area (Å²) in [5.74, 6) is 0.610. The van der Waals surface area contributed by atoms with E-state index in [2.05, 4.69) is 6.07 Å². The van der Waals surface area contributed by atoms with Crippen LogP contribution in [0.15, 0.2) is 30.3 Å². The maximum Gasteiger partial charge on any atom is 0.333 e. The topological polar surface area (TPSA) is 99.5 Å². The van der Waals surface area contributed by atoms with Gasteiger partial charge in [-0.25, -0.2) is 4.72 Å². The van der Waals surface area contributed by atoms with Crippen LogP contribution >= 0.6 is 0 Å². The Bertz CT molecular complexity index is 993. The highest BCUT2D eigenvalue weighted by Crippen LogP contribution is 2.62. The van der Waals surface area contributed by atoms with Crippen molar-refractivity contribution in [1.29, 1.82) is 5.26 Å². The van der Waals surface area contributed by atoms with Gasteiger partial charge in [0.1, 0.15) is 0 Å². The second kappa shape index (κ2) is 8.08. The van der Waals surface area contributed by atoms with E-state index in [0.29, 0.717) is 24.7 Å². The fourth-order valence-corrected chi connectivity index (χ4v) is 7.33. The van der Waals surface area contributed by atoms with E-state index in [-0.39, 0.29) is 34.5 Å². The van der Waals surface area contributed by atoms with Gasteiger partial charge >= 0.3 is 10.2 Å². The molecule has 172 valence electrons. The molecule has 1 aromatic carbocycles. The Morgan fingerprint density at radius 1 is 1.16 bits per heavy atom. The third-order valence-electron chi connectivity index (χ3n) is 8.01. The molecule has 5 saturated carbocycles. The minimum Gasteiger partial charge on any atom is -0.357 e. The Kier molecular flexibility index (Phi) is 5.51. The van der Waals surface area contributed by atoms with Crippen molar-refractivity contribution in [3.8, 4) is 6.07 Å². The molecule has 4 bridgehead atoms. The van der Waals surface area contributed by atoms with Crippen molar-refractivity contribution in [3.63, 3.8) is 0 Å². The largest absolute Gasteiger partial charge is 0.357 e. The average Bonchev–Trinajstić information content (AvgIpc) is 3.61. The maximum absolute atomic E-state index is 15.2. The number of hydrogen-bond acceptors (Lipinski definition) is 5. The number of carbonyl (C=O) groups excluding carboxylic acids is 1. The quantitative estimate of drug-likeness (QED) is 0.471. The summed E-state index contributed by atoms with van der Waals surface area (Å²) in [5.41, 5.74) is -0.566. The molecule has 32 heavy (non-hydrogen) atoms. The lowest BCUT2D eigenvalue weighted by atomic mass is 9.46. The molecular weight excluding hydrogens is 433 g/mol. The van der Waals surface area contributed by atoms with E-state index in [4.69, 9.17) is 4.74 Å². The van der Waals surface area contributed by atoms with Crippen molar-refractivity contribution in [2.24, 2.45) is 35.0 Å². The van der Waals surface area contributed by atoms with E-state index in [0.717, 1.165) is 25.7 Å². The Balaban J connectivity index is 1.30. The summed E-state index contributed by atoms with van der Waals surface area (Å²) in [4.78, 5) is 12.3. The number of nitrogens with one attached hydrogen (secondary N) is 1. The van der Waals surface area contributed by atoms with Crippen molar-refractivity contribution in [3.05, 3.63) is 35.9 Å². The van der Waals surface area contributed by atoms with Crippen molar-refractivity contribution < 1.29 is 22.4 Å². The van der Waals surface area contributed by atoms with Crippen molar-refractivity contribution in [2.45, 2.75) is 51.2 Å². The van der Waals surface area contributed by atoms with E-state index in [1.807, 2.05) is 0 Å². The van der Waals surface area contributed by atoms with Crippen LogP contribution in [0.3, 0.4) is 0 Å². The summed E-state index contributed by atoms with van der Waals surface area (Å²) >= 11 is 0. The monoisotopic (exact) mass is 461 g/mol. The lowest BCUT2D eigenvalue weighted by Gasteiger charge is -2.58. The number of carbonyl (C=O) groups is 1. The van der Waals surface area contributed by atoms with Crippen LogP contribution in [0.1, 0.15) is 55.3 Å². The molecule has 0 saturated heterocycles. The van der Waals surface area contributed by atoms with E-state index in [9.17, 15) is 18.5 Å². The van der Waals surface area contributed by atoms with Gasteiger partial charge in [-0.1, -0.05) is 18.2 Å². The van der Waals surface area contributed by atoms with Gasteiger partial charge in [0.25, 0.3) is 5.91 Å². The van der Waals surface area contributed by atoms with E-state index >= 15 is 4.48 Å². The van der Waals surface area contributed by atoms with Gasteiger partial charge in [-0.15, -0.1) is 4.48 Å². The molecule has 0 spiro atoms. The second-order valence-electron chi connectivity index (χ2n) is 10.0. The minimum atomic E-state index is -4.75. The van der Waals surface area contributed by atoms with Crippen LogP contribution < -0.4 is 4.72 Å². The maximum atomic E-state index is 15.2. The molecule has 1 aromatic rings. The average molecular weight is 462 g/mol. The van der Waals surface area contributed by atoms with Gasteiger partial charge in [0.2, 0.25) is 0 Å². The fourth-order valence-electron chi connectivity index (χ4n) is 6.39. The molecule has 5 fully saturated rings. The van der Waals surface area contributed by atoms with Crippen LogP contribution in [0.25, 0.3) is 0 Å². The highest BCUT2D eigenvalue weighted by molar-refractivity contribution is 7.87. The van der Waals surface area contributed by atoms with Gasteiger partial charge < -0.3 is 4.74 Å². The van der Waals surface area contributed by atoms with Gasteiger partial charge in [0.15, 0.2) is 6.23 Å². The smallest absolute Gasteiger partial charge is 0.333 e. The Hall–Kier alpha value is -2.02. The number of benzene rings is 1. The number of amides is 1. The van der Waals surface area contributed by atoms with Gasteiger partial charge in [0, 0.05) is 16.0 Å². The lowest BCUT2D eigenvalue weighted by Crippen LogP contribution is -2.55. The molecule has 0 heterocycles. The Labute approximate surface area is 188 Å². The van der Waals surface area contributed by atoms with Crippen molar-refractivity contribution >= 4 is 16.1 Å². The third-order valence-corrected chi connectivity index (χ3v) is 9.12. The predicted octanol–water partition coefficient (Wildman–Crippen LogP) is 3.57. The number of nitriles is 1. The molecule has 1 atom stereocenters. The first-order valence-corrected chi connectivity index (χ1v) is 12.9. The van der Waals surface area contributed by atoms with Crippen molar-refractivity contribution in [2.75, 3.05) is 6.61 Å². The zero-order valence-corrected chi connectivity index (χ0v) is 18.6. The Morgan fingerprint density at radius 2 is 1.75 bits per heavy atom. The minimum absolute atomic E-state index is 0.0298. The zero-order valence-electron chi connectivity index (χ0n) is 17.8. The molecule has 1 N–H and O–H groups in total. The van der Waals surface area contributed by atoms with Crippen LogP contribution in [-0.2, 0) is 14.9 Å². The summed E-state index contributed by atoms with van der Waals surface area (Å²) in [7, 11) is -4.75. The molecule has 5 aliphatic rings. The highest BCUT2D eigenvalue weighted by atomic mass is 32.2. The predicted molar refractivity (Wildman–Crippen MR) is 113 cm³/mol. The van der Waals surface area contributed by atoms with Crippen LogP contribution in [0.4, 0.5) is 4.48 Å². The fraction of sp³-hybridized carbons (Fsp3) is 0.652. The molecule has 6 rings (SSSR count). The second-order valence-corrected chi connectivity index (χ2v) is 11.5. The number of hydrogen-bond donors (Lipinski definition) is 1. The summed E-state index contributed by atoms with van der Waals surface area (Å²) in [6, 6.07) is 10.3. The molecule has 7 nitrogen and oxygen atoms in total. The molecule has 0 aliphatic heterocycles. The number of nitrogens with zero attached hydrogens (tertiary/aromatic N) is 2. The summed E-state index contributed by atoms with van der Waals surface area (Å²) < 4.78 is 47.7. The molecule has 0 radical (unpaired) electrons. The van der Waals surface area contributed by atoms with Gasteiger partial charge in [0.05, 0.1) is 18.1 Å². The van der Waals surface area contributed by atoms with Crippen LogP contribution in [0, 0.1) is 46.3 Å². The van der Waals surface area contributed by atoms with E-state index < -0.39 is 27.8 Å². The van der Waals surface area contributed by atoms with Crippen LogP contribution in [0.5, 0.6) is 0 Å². The standard InChI is InChI=1S/C23H28FN3O4S/c24-27(32(29,30)26-21(28)17-4-2-1-3-5-17)22(18-6-7-18)31-14-23(13-25)19-9-15-8-16(11-19)12-20(23)10-15/h1-5,15-16,18-20,22H,6-12,14H2,(H,26,28). The molecule has 5 aliphatic carbocycles. The third kappa shape index (κ3) is 3.82. The molecule has 9 heteroatoms. The van der Waals surface area contributed by atoms with Gasteiger partial charge in [-0.2, -0.15) is 13.7 Å². The number of ether oxygens (including phenoxy) is 1. The van der Waals surface area contributed by atoms with Gasteiger partial charge in [-0.3, -0.25) is 4.79 Å². The zero-order chi connectivity index (χ0) is 22.5. The van der Waals surface area contributed by atoms with Crippen LogP contribution in [0.2, 0.25) is 0 Å². The SMILES string of the molecule is N#CC1(COC(C2CC2)N(F)S(=O)(=O)NC(=O)c2ccccc2)C2CC3CC(C2)CC1C3. The summed E-state index contributed by atoms with van der Waals surface area (Å²) in [6.07, 6.45) is 5.21. The lowest BCUT2D eigenvalue weighted by molar-refractivity contribution is -0.167. The first kappa shape index (κ1) is 21.8. The first-order chi connectivity index (χ1) is 15.3. The van der Waals surface area contributed by atoms with E-state index in [1.165, 1.54) is 18.6 Å². The van der Waals surface area contributed by atoms with Crippen LogP contribution in [-0.4, -0.2) is 31.7 Å². The van der Waals surface area contributed by atoms with E-state index in [1.54, 1.807) is 22.9 Å². The van der Waals surface area contributed by atoms with Crippen molar-refractivity contribution in [1.82, 2.24) is 9.25 Å². The normalized spacial score (nSPS) is 34.3. The molecule has 1 amide bonds. The number of halogens is 1. The number of rotatable bonds is 8. The highest BCUT2D eigenvalue weighted by Gasteiger charge is 2.58.